The topological polar surface area (TPSA) is 67.4 Å². The average Bonchev–Trinajstić information content (AvgIpc) is 2.58. The highest BCUT2D eigenvalue weighted by atomic mass is 127. The third-order valence-electron chi connectivity index (χ3n) is 2.36. The molecule has 5 nitrogen and oxygen atoms in total. The van der Waals surface area contributed by atoms with Crippen molar-refractivity contribution in [3.05, 3.63) is 38.5 Å². The number of sulfonamides is 1. The average molecular weight is 445 g/mol. The zero-order chi connectivity index (χ0) is 13.4. The van der Waals surface area contributed by atoms with E-state index in [1.807, 2.05) is 0 Å². The van der Waals surface area contributed by atoms with Crippen LogP contribution in [0.4, 0.5) is 0 Å². The van der Waals surface area contributed by atoms with Crippen LogP contribution >= 0.6 is 38.5 Å². The van der Waals surface area contributed by atoms with Gasteiger partial charge in [-0.25, -0.2) is 13.3 Å². The second kappa shape index (κ2) is 5.08. The first-order chi connectivity index (χ1) is 8.33. The van der Waals surface area contributed by atoms with Crippen molar-refractivity contribution in [3.8, 4) is 0 Å². The molecule has 2 N–H and O–H groups in total. The van der Waals surface area contributed by atoms with Gasteiger partial charge in [0.1, 0.15) is 0 Å². The third kappa shape index (κ3) is 2.87. The van der Waals surface area contributed by atoms with Crippen LogP contribution in [0.2, 0.25) is 0 Å². The predicted molar refractivity (Wildman–Crippen MR) is 79.1 cm³/mol. The van der Waals surface area contributed by atoms with Crippen molar-refractivity contribution in [1.82, 2.24) is 10.2 Å². The molecule has 98 valence electrons. The summed E-state index contributed by atoms with van der Waals surface area (Å²) in [6.07, 6.45) is 1.54. The zero-order valence-electron chi connectivity index (χ0n) is 9.28. The predicted octanol–water partition coefficient (Wildman–Crippen LogP) is 2.06. The Bertz CT molecular complexity index is 588. The minimum absolute atomic E-state index is 0.194. The second-order valence-electron chi connectivity index (χ2n) is 3.80. The minimum Gasteiger partial charge on any atom is -0.271 e. The molecule has 18 heavy (non-hydrogen) atoms. The Balaban J connectivity index is 2.28. The largest absolute Gasteiger partial charge is 0.271 e. The summed E-state index contributed by atoms with van der Waals surface area (Å²) in [5.41, 5.74) is 1.37. The van der Waals surface area contributed by atoms with Crippen LogP contribution in [0.1, 0.15) is 6.92 Å². The quantitative estimate of drug-likeness (QED) is 0.700. The van der Waals surface area contributed by atoms with Gasteiger partial charge in [-0.3, -0.25) is 5.48 Å². The fraction of sp³-hybridized carbons (Fsp3) is 0.200. The van der Waals surface area contributed by atoms with Crippen molar-refractivity contribution in [3.63, 3.8) is 0 Å². The molecule has 1 heterocycles. The highest BCUT2D eigenvalue weighted by Gasteiger charge is 2.38. The van der Waals surface area contributed by atoms with Crippen LogP contribution in [0.15, 0.2) is 39.8 Å². The van der Waals surface area contributed by atoms with E-state index in [9.17, 15) is 8.42 Å². The van der Waals surface area contributed by atoms with Crippen molar-refractivity contribution in [2.24, 2.45) is 0 Å². The van der Waals surface area contributed by atoms with Gasteiger partial charge in [0.05, 0.1) is 9.38 Å². The van der Waals surface area contributed by atoms with E-state index in [1.54, 1.807) is 31.2 Å². The highest BCUT2D eigenvalue weighted by molar-refractivity contribution is 14.1. The fourth-order valence-electron chi connectivity index (χ4n) is 1.38. The number of halogens is 2. The summed E-state index contributed by atoms with van der Waals surface area (Å²) in [4.78, 5) is 5.35. The van der Waals surface area contributed by atoms with E-state index < -0.39 is 15.7 Å². The van der Waals surface area contributed by atoms with Crippen LogP contribution in [0.25, 0.3) is 0 Å². The molecule has 0 fully saturated rings. The Kier molecular flexibility index (Phi) is 4.02. The lowest BCUT2D eigenvalue weighted by atomic mass is 10.3. The molecule has 1 atom stereocenters. The molecular formula is C10H10BrIN2O3S. The van der Waals surface area contributed by atoms with E-state index in [1.165, 1.54) is 6.20 Å². The van der Waals surface area contributed by atoms with Gasteiger partial charge in [0, 0.05) is 9.77 Å². The second-order valence-corrected chi connectivity index (χ2v) is 7.59. The first-order valence-corrected chi connectivity index (χ1v) is 8.28. The Labute approximate surface area is 127 Å². The van der Waals surface area contributed by atoms with Crippen LogP contribution in [-0.2, 0) is 14.9 Å². The highest BCUT2D eigenvalue weighted by Crippen LogP contribution is 2.28. The maximum absolute atomic E-state index is 12.2. The molecule has 1 aliphatic rings. The van der Waals surface area contributed by atoms with Gasteiger partial charge in [0.15, 0.2) is 5.72 Å². The minimum atomic E-state index is -3.64. The lowest BCUT2D eigenvalue weighted by Crippen LogP contribution is -2.47. The van der Waals surface area contributed by atoms with E-state index in [0.717, 1.165) is 3.57 Å². The van der Waals surface area contributed by atoms with Gasteiger partial charge in [0.2, 0.25) is 10.0 Å². The van der Waals surface area contributed by atoms with Crippen LogP contribution < -0.4 is 10.2 Å². The summed E-state index contributed by atoms with van der Waals surface area (Å²) in [5, 5.41) is 0. The molecule has 1 unspecified atom stereocenters. The van der Waals surface area contributed by atoms with Gasteiger partial charge in [0.25, 0.3) is 0 Å². The van der Waals surface area contributed by atoms with Gasteiger partial charge < -0.3 is 0 Å². The van der Waals surface area contributed by atoms with Crippen molar-refractivity contribution in [2.75, 3.05) is 0 Å². The van der Waals surface area contributed by atoms with Crippen molar-refractivity contribution >= 4 is 48.5 Å². The molecule has 0 amide bonds. The fourth-order valence-corrected chi connectivity index (χ4v) is 3.43. The van der Waals surface area contributed by atoms with Gasteiger partial charge >= 0.3 is 0 Å². The van der Waals surface area contributed by atoms with E-state index >= 15 is 0 Å². The molecular weight excluding hydrogens is 435 g/mol. The maximum Gasteiger partial charge on any atom is 0.243 e. The standard InChI is InChI=1S/C10H10BrIN2O3S/c1-10(9(11)6-13-17-10)14-18(15,16)8-4-2-7(12)3-5-8/h2-6,13-14H,1H3. The lowest BCUT2D eigenvalue weighted by molar-refractivity contribution is -0.0328. The van der Waals surface area contributed by atoms with Crippen LogP contribution in [0.5, 0.6) is 0 Å². The van der Waals surface area contributed by atoms with E-state index in [2.05, 4.69) is 48.7 Å². The molecule has 0 aromatic heterocycles. The number of benzene rings is 1. The van der Waals surface area contributed by atoms with E-state index in [0.29, 0.717) is 4.48 Å². The molecule has 0 aliphatic carbocycles. The van der Waals surface area contributed by atoms with Crippen LogP contribution in [0, 0.1) is 3.57 Å². The number of hydroxylamine groups is 1. The molecule has 2 rings (SSSR count). The van der Waals surface area contributed by atoms with Crippen molar-refractivity contribution < 1.29 is 13.3 Å². The maximum atomic E-state index is 12.2. The number of hydrogen-bond acceptors (Lipinski definition) is 4. The molecule has 0 saturated carbocycles. The van der Waals surface area contributed by atoms with Gasteiger partial charge in [-0.2, -0.15) is 4.72 Å². The number of hydrogen-bond donors (Lipinski definition) is 2. The first kappa shape index (κ1) is 14.3. The van der Waals surface area contributed by atoms with Gasteiger partial charge in [-0.1, -0.05) is 0 Å². The smallest absolute Gasteiger partial charge is 0.243 e. The molecule has 1 aliphatic heterocycles. The van der Waals surface area contributed by atoms with Gasteiger partial charge in [-0.15, -0.1) is 0 Å². The summed E-state index contributed by atoms with van der Waals surface area (Å²) >= 11 is 5.36. The first-order valence-electron chi connectivity index (χ1n) is 4.93. The lowest BCUT2D eigenvalue weighted by Gasteiger charge is -2.24. The SMILES string of the molecule is CC1(NS(=O)(=O)c2ccc(I)cc2)ONC=C1Br. The molecule has 1 aromatic rings. The van der Waals surface area contributed by atoms with Crippen LogP contribution in [-0.4, -0.2) is 14.1 Å². The summed E-state index contributed by atoms with van der Waals surface area (Å²) in [7, 11) is -3.64. The molecule has 0 radical (unpaired) electrons. The normalized spacial score (nSPS) is 23.6. The molecule has 0 bridgehead atoms. The molecule has 8 heteroatoms. The Morgan fingerprint density at radius 1 is 1.39 bits per heavy atom. The summed E-state index contributed by atoms with van der Waals surface area (Å²) < 4.78 is 28.4. The number of rotatable bonds is 3. The third-order valence-corrected chi connectivity index (χ3v) is 5.61. The Morgan fingerprint density at radius 2 is 2.00 bits per heavy atom. The van der Waals surface area contributed by atoms with E-state index in [-0.39, 0.29) is 4.90 Å². The summed E-state index contributed by atoms with van der Waals surface area (Å²) in [5.74, 6) is 0. The van der Waals surface area contributed by atoms with Crippen molar-refractivity contribution in [2.45, 2.75) is 17.5 Å². The van der Waals surface area contributed by atoms with Gasteiger partial charge in [-0.05, 0) is 69.7 Å². The summed E-state index contributed by atoms with van der Waals surface area (Å²) in [6.45, 7) is 1.61. The van der Waals surface area contributed by atoms with Crippen molar-refractivity contribution in [1.29, 1.82) is 0 Å². The van der Waals surface area contributed by atoms with E-state index in [4.69, 9.17) is 4.84 Å². The Hall–Kier alpha value is -0.160. The molecule has 1 aromatic carbocycles. The number of nitrogens with one attached hydrogen (secondary N) is 2. The van der Waals surface area contributed by atoms with Crippen LogP contribution in [0.3, 0.4) is 0 Å². The molecule has 0 saturated heterocycles. The Morgan fingerprint density at radius 3 is 2.50 bits per heavy atom. The summed E-state index contributed by atoms with van der Waals surface area (Å²) in [6, 6.07) is 6.56. The molecule has 0 spiro atoms. The monoisotopic (exact) mass is 444 g/mol. The zero-order valence-corrected chi connectivity index (χ0v) is 13.8.